The Hall–Kier alpha value is -1.62. The van der Waals surface area contributed by atoms with Gasteiger partial charge in [-0.1, -0.05) is 5.16 Å². The molecule has 0 radical (unpaired) electrons. The lowest BCUT2D eigenvalue weighted by Gasteiger charge is -2.01. The topological polar surface area (TPSA) is 63.8 Å². The first-order valence-electron chi connectivity index (χ1n) is 3.96. The molecule has 2 rings (SSSR count). The van der Waals surface area contributed by atoms with E-state index in [1.807, 2.05) is 0 Å². The van der Waals surface area contributed by atoms with Crippen molar-refractivity contribution in [2.45, 2.75) is 6.54 Å². The molecule has 0 amide bonds. The second kappa shape index (κ2) is 4.06. The maximum absolute atomic E-state index is 5.61. The van der Waals surface area contributed by atoms with Gasteiger partial charge >= 0.3 is 0 Å². The maximum Gasteiger partial charge on any atom is 0.224 e. The zero-order valence-electron chi connectivity index (χ0n) is 7.14. The Morgan fingerprint density at radius 1 is 1.36 bits per heavy atom. The molecule has 2 heterocycles. The van der Waals surface area contributed by atoms with Gasteiger partial charge in [-0.3, -0.25) is 0 Å². The molecule has 2 aromatic heterocycles. The summed E-state index contributed by atoms with van der Waals surface area (Å²) in [7, 11) is 0. The van der Waals surface area contributed by atoms with Crippen LogP contribution in [0.3, 0.4) is 0 Å². The SMILES string of the molecule is Clc1nccc(NCc2ccno2)n1. The van der Waals surface area contributed by atoms with Crippen LogP contribution in [0, 0.1) is 0 Å². The van der Waals surface area contributed by atoms with Crippen molar-refractivity contribution in [2.75, 3.05) is 5.32 Å². The van der Waals surface area contributed by atoms with Crippen LogP contribution in [0.25, 0.3) is 0 Å². The molecule has 0 aliphatic rings. The van der Waals surface area contributed by atoms with Crippen molar-refractivity contribution in [3.05, 3.63) is 35.6 Å². The fraction of sp³-hybridized carbons (Fsp3) is 0.125. The molecule has 0 saturated carbocycles. The van der Waals surface area contributed by atoms with Gasteiger partial charge in [0.05, 0.1) is 12.7 Å². The second-order valence-electron chi connectivity index (χ2n) is 2.54. The molecule has 0 atom stereocenters. The van der Waals surface area contributed by atoms with E-state index in [2.05, 4.69) is 20.4 Å². The van der Waals surface area contributed by atoms with Crippen molar-refractivity contribution in [1.29, 1.82) is 0 Å². The highest BCUT2D eigenvalue weighted by molar-refractivity contribution is 6.28. The van der Waals surface area contributed by atoms with Crippen molar-refractivity contribution < 1.29 is 4.52 Å². The molecule has 6 heteroatoms. The largest absolute Gasteiger partial charge is 0.363 e. The Labute approximate surface area is 85.1 Å². The van der Waals surface area contributed by atoms with E-state index >= 15 is 0 Å². The Kier molecular flexibility index (Phi) is 2.60. The zero-order chi connectivity index (χ0) is 9.80. The number of nitrogens with zero attached hydrogens (tertiary/aromatic N) is 3. The second-order valence-corrected chi connectivity index (χ2v) is 2.88. The molecule has 0 aliphatic carbocycles. The first-order valence-corrected chi connectivity index (χ1v) is 4.34. The van der Waals surface area contributed by atoms with Gasteiger partial charge in [-0.2, -0.15) is 0 Å². The lowest BCUT2D eigenvalue weighted by atomic mass is 10.4. The van der Waals surface area contributed by atoms with Crippen molar-refractivity contribution >= 4 is 17.4 Å². The van der Waals surface area contributed by atoms with Crippen LogP contribution in [-0.4, -0.2) is 15.1 Å². The van der Waals surface area contributed by atoms with Gasteiger partial charge in [-0.25, -0.2) is 9.97 Å². The minimum Gasteiger partial charge on any atom is -0.363 e. The van der Waals surface area contributed by atoms with Crippen LogP contribution in [0.5, 0.6) is 0 Å². The van der Waals surface area contributed by atoms with Crippen LogP contribution in [0.1, 0.15) is 5.76 Å². The van der Waals surface area contributed by atoms with Crippen LogP contribution >= 0.6 is 11.6 Å². The third-order valence-corrected chi connectivity index (χ3v) is 1.74. The van der Waals surface area contributed by atoms with Crippen molar-refractivity contribution in [3.8, 4) is 0 Å². The molecule has 72 valence electrons. The number of halogens is 1. The highest BCUT2D eigenvalue weighted by Gasteiger charge is 1.98. The third kappa shape index (κ3) is 2.20. The van der Waals surface area contributed by atoms with Crippen LogP contribution in [-0.2, 0) is 6.54 Å². The molecule has 14 heavy (non-hydrogen) atoms. The fourth-order valence-corrected chi connectivity index (χ4v) is 1.09. The monoisotopic (exact) mass is 210 g/mol. The van der Waals surface area contributed by atoms with E-state index in [9.17, 15) is 0 Å². The van der Waals surface area contributed by atoms with Crippen LogP contribution in [0.2, 0.25) is 5.28 Å². The molecule has 0 unspecified atom stereocenters. The lowest BCUT2D eigenvalue weighted by Crippen LogP contribution is -2.00. The van der Waals surface area contributed by atoms with Crippen molar-refractivity contribution in [1.82, 2.24) is 15.1 Å². The fourth-order valence-electron chi connectivity index (χ4n) is 0.944. The van der Waals surface area contributed by atoms with Gasteiger partial charge in [0, 0.05) is 12.3 Å². The summed E-state index contributed by atoms with van der Waals surface area (Å²) in [6.07, 6.45) is 3.17. The normalized spacial score (nSPS) is 10.1. The molecule has 1 N–H and O–H groups in total. The molecular formula is C8H7ClN4O. The highest BCUT2D eigenvalue weighted by atomic mass is 35.5. The smallest absolute Gasteiger partial charge is 0.224 e. The maximum atomic E-state index is 5.61. The Morgan fingerprint density at radius 2 is 2.29 bits per heavy atom. The van der Waals surface area contributed by atoms with Crippen molar-refractivity contribution in [2.24, 2.45) is 0 Å². The van der Waals surface area contributed by atoms with E-state index in [1.54, 1.807) is 24.5 Å². The minimum absolute atomic E-state index is 0.215. The molecular weight excluding hydrogens is 204 g/mol. The number of hydrogen-bond acceptors (Lipinski definition) is 5. The first-order chi connectivity index (χ1) is 6.84. The number of hydrogen-bond donors (Lipinski definition) is 1. The average Bonchev–Trinajstić information content (AvgIpc) is 2.67. The number of aromatic nitrogens is 3. The molecule has 0 bridgehead atoms. The zero-order valence-corrected chi connectivity index (χ0v) is 7.90. The molecule has 0 aliphatic heterocycles. The molecule has 0 spiro atoms. The standard InChI is InChI=1S/C8H7ClN4O/c9-8-10-3-2-7(13-8)11-5-6-1-4-12-14-6/h1-4H,5H2,(H,10,11,13). The number of rotatable bonds is 3. The van der Waals surface area contributed by atoms with Gasteiger partial charge in [0.2, 0.25) is 5.28 Å². The van der Waals surface area contributed by atoms with Gasteiger partial charge in [-0.05, 0) is 17.7 Å². The van der Waals surface area contributed by atoms with E-state index in [-0.39, 0.29) is 5.28 Å². The highest BCUT2D eigenvalue weighted by Crippen LogP contribution is 2.07. The van der Waals surface area contributed by atoms with Gasteiger partial charge in [-0.15, -0.1) is 0 Å². The Bertz CT molecular complexity index is 403. The predicted octanol–water partition coefficient (Wildman–Crippen LogP) is 1.73. The summed E-state index contributed by atoms with van der Waals surface area (Å²) in [5.41, 5.74) is 0. The van der Waals surface area contributed by atoms with Crippen LogP contribution in [0.4, 0.5) is 5.82 Å². The minimum atomic E-state index is 0.215. The lowest BCUT2D eigenvalue weighted by molar-refractivity contribution is 0.388. The summed E-state index contributed by atoms with van der Waals surface area (Å²) in [5, 5.41) is 6.81. The quantitative estimate of drug-likeness (QED) is 0.782. The van der Waals surface area contributed by atoms with Gasteiger partial charge < -0.3 is 9.84 Å². The van der Waals surface area contributed by atoms with E-state index in [4.69, 9.17) is 16.1 Å². The van der Waals surface area contributed by atoms with Gasteiger partial charge in [0.15, 0.2) is 5.76 Å². The van der Waals surface area contributed by atoms with Gasteiger partial charge in [0.25, 0.3) is 0 Å². The summed E-state index contributed by atoms with van der Waals surface area (Å²) < 4.78 is 4.90. The molecule has 0 fully saturated rings. The summed E-state index contributed by atoms with van der Waals surface area (Å²) in [4.78, 5) is 7.72. The van der Waals surface area contributed by atoms with E-state index in [0.717, 1.165) is 5.76 Å². The summed E-state index contributed by atoms with van der Waals surface area (Å²) in [5.74, 6) is 1.39. The van der Waals surface area contributed by atoms with Crippen molar-refractivity contribution in [3.63, 3.8) is 0 Å². The van der Waals surface area contributed by atoms with E-state index in [0.29, 0.717) is 12.4 Å². The van der Waals surface area contributed by atoms with Gasteiger partial charge in [0.1, 0.15) is 5.82 Å². The summed E-state index contributed by atoms with van der Waals surface area (Å²) in [6.45, 7) is 0.521. The van der Waals surface area contributed by atoms with E-state index < -0.39 is 0 Å². The van der Waals surface area contributed by atoms with Crippen LogP contribution in [0.15, 0.2) is 29.0 Å². The van der Waals surface area contributed by atoms with Crippen LogP contribution < -0.4 is 5.32 Å². The Morgan fingerprint density at radius 3 is 3.00 bits per heavy atom. The predicted molar refractivity (Wildman–Crippen MR) is 50.9 cm³/mol. The Balaban J connectivity index is 1.98. The number of anilines is 1. The molecule has 5 nitrogen and oxygen atoms in total. The molecule has 2 aromatic rings. The molecule has 0 saturated heterocycles. The van der Waals surface area contributed by atoms with E-state index in [1.165, 1.54) is 0 Å². The summed E-state index contributed by atoms with van der Waals surface area (Å²) in [6, 6.07) is 3.50. The summed E-state index contributed by atoms with van der Waals surface area (Å²) >= 11 is 5.61. The average molecular weight is 211 g/mol. The third-order valence-electron chi connectivity index (χ3n) is 1.56. The first kappa shape index (κ1) is 8.96. The number of nitrogens with one attached hydrogen (secondary N) is 1. The molecule has 0 aromatic carbocycles.